The Kier molecular flexibility index (Phi) is 2.19. The summed E-state index contributed by atoms with van der Waals surface area (Å²) in [5.41, 5.74) is 2.45. The van der Waals surface area contributed by atoms with E-state index < -0.39 is 0 Å². The van der Waals surface area contributed by atoms with Crippen LogP contribution in [0.25, 0.3) is 0 Å². The van der Waals surface area contributed by atoms with E-state index in [-0.39, 0.29) is 0 Å². The van der Waals surface area contributed by atoms with Gasteiger partial charge in [-0.15, -0.1) is 0 Å². The number of hydrogen-bond donors (Lipinski definition) is 1. The number of nitrogens with one attached hydrogen (secondary N) is 1. The molecular weight excluding hydrogens is 176 g/mol. The maximum absolute atomic E-state index is 4.38. The molecule has 0 bridgehead atoms. The van der Waals surface area contributed by atoms with Gasteiger partial charge < -0.3 is 5.32 Å². The van der Waals surface area contributed by atoms with Crippen molar-refractivity contribution < 1.29 is 0 Å². The largest absolute Gasteiger partial charge is 0.353 e. The van der Waals surface area contributed by atoms with Gasteiger partial charge in [-0.1, -0.05) is 0 Å². The van der Waals surface area contributed by atoms with Crippen LogP contribution in [-0.2, 0) is 0 Å². The highest BCUT2D eigenvalue weighted by Crippen LogP contribution is 2.07. The fraction of sp³-hybridized carbons (Fsp3) is 0.500. The van der Waals surface area contributed by atoms with Gasteiger partial charge in [-0.3, -0.25) is 9.69 Å². The second-order valence-electron chi connectivity index (χ2n) is 3.58. The number of aliphatic imine (C=N–C) groups is 1. The Labute approximate surface area is 84.2 Å². The summed E-state index contributed by atoms with van der Waals surface area (Å²) in [7, 11) is 2.02. The fourth-order valence-corrected chi connectivity index (χ4v) is 1.83. The Morgan fingerprint density at radius 3 is 2.50 bits per heavy atom. The van der Waals surface area contributed by atoms with Gasteiger partial charge in [0.05, 0.1) is 6.54 Å². The van der Waals surface area contributed by atoms with Crippen molar-refractivity contribution in [2.24, 2.45) is 4.99 Å². The first-order valence-corrected chi connectivity index (χ1v) is 4.87. The van der Waals surface area contributed by atoms with Crippen LogP contribution < -0.4 is 10.3 Å². The summed E-state index contributed by atoms with van der Waals surface area (Å²) in [5.74, 6) is 0.951. The van der Waals surface area contributed by atoms with Gasteiger partial charge in [-0.05, 0) is 26.0 Å². The van der Waals surface area contributed by atoms with Crippen molar-refractivity contribution in [3.05, 3.63) is 23.5 Å². The van der Waals surface area contributed by atoms with E-state index in [0.717, 1.165) is 19.0 Å². The van der Waals surface area contributed by atoms with Crippen LogP contribution in [0, 0.1) is 13.8 Å². The van der Waals surface area contributed by atoms with Gasteiger partial charge in [0.15, 0.2) is 0 Å². The molecule has 1 aliphatic rings. The number of nitrogens with zero attached hydrogens (tertiary/aromatic N) is 3. The summed E-state index contributed by atoms with van der Waals surface area (Å²) in [6.07, 6.45) is 0. The Bertz CT molecular complexity index is 345. The van der Waals surface area contributed by atoms with Crippen LogP contribution in [-0.4, -0.2) is 30.8 Å². The zero-order chi connectivity index (χ0) is 10.1. The first kappa shape index (κ1) is 9.12. The van der Waals surface area contributed by atoms with Crippen LogP contribution in [0.2, 0.25) is 0 Å². The highest BCUT2D eigenvalue weighted by Gasteiger charge is 2.14. The lowest BCUT2D eigenvalue weighted by molar-refractivity contribution is 0.735. The maximum Gasteiger partial charge on any atom is 0.213 e. The molecule has 0 unspecified atom stereocenters. The van der Waals surface area contributed by atoms with Crippen molar-refractivity contribution in [1.29, 1.82) is 0 Å². The quantitative estimate of drug-likeness (QED) is 0.708. The number of aromatic nitrogens is 1. The predicted octanol–water partition coefficient (Wildman–Crippen LogP) is 0.632. The van der Waals surface area contributed by atoms with Crippen LogP contribution in [0.3, 0.4) is 0 Å². The predicted molar refractivity (Wildman–Crippen MR) is 58.4 cm³/mol. The molecule has 0 radical (unpaired) electrons. The van der Waals surface area contributed by atoms with Crippen LogP contribution >= 0.6 is 0 Å². The minimum Gasteiger partial charge on any atom is -0.353 e. The molecule has 1 aliphatic heterocycles. The van der Waals surface area contributed by atoms with E-state index in [0.29, 0.717) is 0 Å². The molecule has 0 fully saturated rings. The smallest absolute Gasteiger partial charge is 0.213 e. The van der Waals surface area contributed by atoms with Crippen LogP contribution in [0.5, 0.6) is 0 Å². The molecule has 2 rings (SSSR count). The Balaban J connectivity index is 2.30. The molecule has 0 amide bonds. The first-order valence-electron chi connectivity index (χ1n) is 4.87. The van der Waals surface area contributed by atoms with Crippen molar-refractivity contribution in [1.82, 2.24) is 9.99 Å². The van der Waals surface area contributed by atoms with Gasteiger partial charge >= 0.3 is 0 Å². The molecular formula is C10H16N4. The van der Waals surface area contributed by atoms with E-state index in [2.05, 4.69) is 46.0 Å². The van der Waals surface area contributed by atoms with Crippen molar-refractivity contribution in [2.45, 2.75) is 13.8 Å². The molecule has 2 heterocycles. The minimum atomic E-state index is 0.874. The van der Waals surface area contributed by atoms with Gasteiger partial charge in [0.25, 0.3) is 0 Å². The lowest BCUT2D eigenvalue weighted by Gasteiger charge is -2.23. The lowest BCUT2D eigenvalue weighted by Crippen LogP contribution is -2.44. The van der Waals surface area contributed by atoms with Crippen LogP contribution in [0.1, 0.15) is 11.4 Å². The fourth-order valence-electron chi connectivity index (χ4n) is 1.83. The third-order valence-corrected chi connectivity index (χ3v) is 2.50. The molecule has 0 aliphatic carbocycles. The molecule has 0 saturated carbocycles. The maximum atomic E-state index is 4.38. The molecule has 0 saturated heterocycles. The van der Waals surface area contributed by atoms with Gasteiger partial charge in [0.1, 0.15) is 0 Å². The number of hydrogen-bond acceptors (Lipinski definition) is 3. The molecule has 0 spiro atoms. The lowest BCUT2D eigenvalue weighted by atomic mass is 10.5. The second kappa shape index (κ2) is 3.36. The summed E-state index contributed by atoms with van der Waals surface area (Å²) in [6, 6.07) is 4.22. The van der Waals surface area contributed by atoms with Gasteiger partial charge in [0, 0.05) is 25.0 Å². The van der Waals surface area contributed by atoms with E-state index in [4.69, 9.17) is 0 Å². The van der Waals surface area contributed by atoms with E-state index in [1.54, 1.807) is 0 Å². The summed E-state index contributed by atoms with van der Waals surface area (Å²) in [4.78, 5) is 4.38. The highest BCUT2D eigenvalue weighted by atomic mass is 15.6. The average molecular weight is 192 g/mol. The normalized spacial score (nSPS) is 15.2. The molecule has 76 valence electrons. The van der Waals surface area contributed by atoms with Crippen molar-refractivity contribution >= 4 is 5.96 Å². The number of guanidine groups is 1. The average Bonchev–Trinajstić information content (AvgIpc) is 2.75. The first-order chi connectivity index (χ1) is 6.70. The Morgan fingerprint density at radius 1 is 1.36 bits per heavy atom. The summed E-state index contributed by atoms with van der Waals surface area (Å²) in [6.45, 7) is 6.01. The molecule has 1 aromatic rings. The second-order valence-corrected chi connectivity index (χ2v) is 3.58. The molecule has 4 heteroatoms. The van der Waals surface area contributed by atoms with Crippen molar-refractivity contribution in [2.75, 3.05) is 25.1 Å². The van der Waals surface area contributed by atoms with E-state index in [9.17, 15) is 0 Å². The third-order valence-electron chi connectivity index (χ3n) is 2.50. The third kappa shape index (κ3) is 1.36. The summed E-state index contributed by atoms with van der Waals surface area (Å²) < 4.78 is 2.15. The van der Waals surface area contributed by atoms with Crippen LogP contribution in [0.15, 0.2) is 17.1 Å². The molecule has 0 aromatic carbocycles. The summed E-state index contributed by atoms with van der Waals surface area (Å²) >= 11 is 0. The van der Waals surface area contributed by atoms with Gasteiger partial charge in [-0.25, -0.2) is 4.99 Å². The van der Waals surface area contributed by atoms with Crippen molar-refractivity contribution in [3.8, 4) is 0 Å². The molecule has 14 heavy (non-hydrogen) atoms. The Morgan fingerprint density at radius 2 is 2.00 bits per heavy atom. The molecule has 1 N–H and O–H groups in total. The van der Waals surface area contributed by atoms with Crippen molar-refractivity contribution in [3.63, 3.8) is 0 Å². The molecule has 4 nitrogen and oxygen atoms in total. The zero-order valence-electron chi connectivity index (χ0n) is 8.91. The summed E-state index contributed by atoms with van der Waals surface area (Å²) in [5, 5.41) is 5.31. The minimum absolute atomic E-state index is 0.874. The Hall–Kier alpha value is -1.45. The van der Waals surface area contributed by atoms with E-state index in [1.807, 2.05) is 7.05 Å². The van der Waals surface area contributed by atoms with Crippen LogP contribution in [0.4, 0.5) is 0 Å². The van der Waals surface area contributed by atoms with Gasteiger partial charge in [-0.2, -0.15) is 0 Å². The highest BCUT2D eigenvalue weighted by molar-refractivity contribution is 5.90. The van der Waals surface area contributed by atoms with E-state index >= 15 is 0 Å². The molecule has 1 aromatic heterocycles. The van der Waals surface area contributed by atoms with Gasteiger partial charge in [0.2, 0.25) is 5.96 Å². The van der Waals surface area contributed by atoms with E-state index in [1.165, 1.54) is 11.4 Å². The SMILES string of the molecule is Cc1ccc(C)n1N(C)C1=NCCN1. The molecule has 0 atom stereocenters. The monoisotopic (exact) mass is 192 g/mol. The number of aryl methyl sites for hydroxylation is 2. The standard InChI is InChI=1S/C10H16N4/c1-8-4-5-9(2)14(8)13(3)10-11-6-7-12-10/h4-5H,6-7H2,1-3H3,(H,11,12). The zero-order valence-corrected chi connectivity index (χ0v) is 8.91. The topological polar surface area (TPSA) is 32.6 Å². The number of rotatable bonds is 1.